The molecule has 0 aliphatic heterocycles. The van der Waals surface area contributed by atoms with Crippen LogP contribution < -0.4 is 0 Å². The molecule has 1 fully saturated rings. The van der Waals surface area contributed by atoms with E-state index in [1.54, 1.807) is 0 Å². The number of carbonyl (C=O) groups is 1. The molecule has 0 amide bonds. The number of hydrogen-bond donors (Lipinski definition) is 1. The molecule has 18 heavy (non-hydrogen) atoms. The third kappa shape index (κ3) is 7.89. The Morgan fingerprint density at radius 1 is 1.39 bits per heavy atom. The molecule has 1 N–H and O–H groups in total. The molecule has 102 valence electrons. The highest BCUT2D eigenvalue weighted by Gasteiger charge is 2.28. The topological polar surface area (TPSA) is 37.3 Å². The van der Waals surface area contributed by atoms with Crippen molar-refractivity contribution in [2.75, 3.05) is 0 Å². The highest BCUT2D eigenvalue weighted by atomic mass is 16.4. The van der Waals surface area contributed by atoms with Crippen LogP contribution in [0.25, 0.3) is 0 Å². The normalized spacial score (nSPS) is 17.2. The highest BCUT2D eigenvalue weighted by molar-refractivity contribution is 6.93. The van der Waals surface area contributed by atoms with Gasteiger partial charge in [-0.2, -0.15) is 0 Å². The largest absolute Gasteiger partial charge is 0.481 e. The van der Waals surface area contributed by atoms with Gasteiger partial charge < -0.3 is 5.11 Å². The second kappa shape index (κ2) is 11.7. The molecule has 0 saturated heterocycles. The van der Waals surface area contributed by atoms with E-state index in [0.717, 1.165) is 25.7 Å². The third-order valence-corrected chi connectivity index (χ3v) is 3.84. The smallest absolute Gasteiger partial charge is 0.306 e. The van der Waals surface area contributed by atoms with Crippen LogP contribution >= 0.6 is 0 Å². The van der Waals surface area contributed by atoms with Gasteiger partial charge in [-0.3, -0.25) is 4.79 Å². The second-order valence-corrected chi connectivity index (χ2v) is 5.49. The Kier molecular flexibility index (Phi) is 11.5. The van der Waals surface area contributed by atoms with Crippen molar-refractivity contribution in [3.05, 3.63) is 0 Å². The lowest BCUT2D eigenvalue weighted by atomic mass is 9.44. The average molecular weight is 250 g/mol. The lowest BCUT2D eigenvalue weighted by molar-refractivity contribution is -0.144. The number of carboxylic acid groups (broad SMARTS) is 1. The number of carboxylic acids is 1. The van der Waals surface area contributed by atoms with Gasteiger partial charge >= 0.3 is 5.97 Å². The molecule has 0 radical (unpaired) electrons. The molecule has 1 rings (SSSR count). The van der Waals surface area contributed by atoms with Gasteiger partial charge in [0.1, 0.15) is 7.28 Å². The fraction of sp³-hybridized carbons (Fsp3) is 0.923. The van der Waals surface area contributed by atoms with Gasteiger partial charge in [0.2, 0.25) is 0 Å². The van der Waals surface area contributed by atoms with Gasteiger partial charge in [0, 0.05) is 0 Å². The molecule has 1 aliphatic rings. The summed E-state index contributed by atoms with van der Waals surface area (Å²) < 4.78 is 0. The molecule has 5 heteroatoms. The van der Waals surface area contributed by atoms with Gasteiger partial charge in [-0.25, -0.2) is 0 Å². The Morgan fingerprint density at radius 2 is 2.00 bits per heavy atom. The summed E-state index contributed by atoms with van der Waals surface area (Å²) in [6, 6.07) is 0. The fourth-order valence-corrected chi connectivity index (χ4v) is 2.76. The molecule has 0 aromatic carbocycles. The first kappa shape index (κ1) is 17.7. The second-order valence-electron chi connectivity index (χ2n) is 5.49. The van der Waals surface area contributed by atoms with Crippen molar-refractivity contribution in [2.24, 2.45) is 11.8 Å². The highest BCUT2D eigenvalue weighted by Crippen LogP contribution is 2.32. The van der Waals surface area contributed by atoms with Crippen LogP contribution in [0.15, 0.2) is 0 Å². The van der Waals surface area contributed by atoms with Gasteiger partial charge in [0.15, 0.2) is 0 Å². The van der Waals surface area contributed by atoms with Crippen LogP contribution in [0.5, 0.6) is 0 Å². The Balaban J connectivity index is 0.000000494. The SMILES string of the molecule is BBCBC.CCCC(C(=O)O)C1CCCCC1. The van der Waals surface area contributed by atoms with Crippen molar-refractivity contribution in [1.82, 2.24) is 0 Å². The third-order valence-electron chi connectivity index (χ3n) is 3.84. The summed E-state index contributed by atoms with van der Waals surface area (Å²) in [5.74, 6) is -0.176. The summed E-state index contributed by atoms with van der Waals surface area (Å²) >= 11 is 0. The summed E-state index contributed by atoms with van der Waals surface area (Å²) in [5, 5.41) is 9.06. The molecular formula is C13H29B3O2. The van der Waals surface area contributed by atoms with Crippen LogP contribution in [0.2, 0.25) is 13.0 Å². The summed E-state index contributed by atoms with van der Waals surface area (Å²) in [4.78, 5) is 11.0. The predicted octanol–water partition coefficient (Wildman–Crippen LogP) is 1.90. The van der Waals surface area contributed by atoms with Crippen LogP contribution in [0, 0.1) is 11.8 Å². The molecule has 2 nitrogen and oxygen atoms in total. The molecular weight excluding hydrogens is 221 g/mol. The monoisotopic (exact) mass is 250 g/mol. The first-order valence-corrected chi connectivity index (χ1v) is 7.90. The Labute approximate surface area is 115 Å². The van der Waals surface area contributed by atoms with E-state index >= 15 is 0 Å². The zero-order chi connectivity index (χ0) is 13.8. The molecule has 0 aromatic rings. The van der Waals surface area contributed by atoms with E-state index in [9.17, 15) is 4.79 Å². The van der Waals surface area contributed by atoms with E-state index in [2.05, 4.69) is 21.5 Å². The first-order valence-electron chi connectivity index (χ1n) is 7.90. The summed E-state index contributed by atoms with van der Waals surface area (Å²) in [6.45, 7) is 4.28. The van der Waals surface area contributed by atoms with Crippen LogP contribution in [0.3, 0.4) is 0 Å². The minimum absolute atomic E-state index is 0.0645. The van der Waals surface area contributed by atoms with Gasteiger partial charge in [0.25, 0.3) is 0 Å². The van der Waals surface area contributed by atoms with E-state index < -0.39 is 5.97 Å². The van der Waals surface area contributed by atoms with Crippen molar-refractivity contribution in [2.45, 2.75) is 64.9 Å². The van der Waals surface area contributed by atoms with Gasteiger partial charge in [-0.1, -0.05) is 39.4 Å². The van der Waals surface area contributed by atoms with Crippen molar-refractivity contribution in [1.29, 1.82) is 0 Å². The first-order chi connectivity index (χ1) is 8.67. The average Bonchev–Trinajstić information content (AvgIpc) is 2.38. The van der Waals surface area contributed by atoms with Crippen molar-refractivity contribution >= 4 is 28.2 Å². The van der Waals surface area contributed by atoms with E-state index in [-0.39, 0.29) is 5.92 Å². The minimum Gasteiger partial charge on any atom is -0.481 e. The quantitative estimate of drug-likeness (QED) is 0.730. The number of aliphatic carboxylic acids is 1. The Hall–Kier alpha value is -0.335. The van der Waals surface area contributed by atoms with Crippen molar-refractivity contribution in [3.63, 3.8) is 0 Å². The molecule has 0 bridgehead atoms. The van der Waals surface area contributed by atoms with Crippen LogP contribution in [-0.2, 0) is 4.79 Å². The van der Waals surface area contributed by atoms with E-state index in [4.69, 9.17) is 5.11 Å². The molecule has 1 unspecified atom stereocenters. The molecule has 0 aromatic heterocycles. The lowest BCUT2D eigenvalue weighted by Gasteiger charge is -2.27. The van der Waals surface area contributed by atoms with Crippen LogP contribution in [0.4, 0.5) is 0 Å². The minimum atomic E-state index is -0.575. The maximum absolute atomic E-state index is 11.0. The van der Waals surface area contributed by atoms with Gasteiger partial charge in [-0.05, 0) is 25.2 Å². The number of rotatable bonds is 6. The van der Waals surface area contributed by atoms with E-state index in [1.807, 2.05) is 0 Å². The summed E-state index contributed by atoms with van der Waals surface area (Å²) in [5.41, 5.74) is 0. The zero-order valence-corrected chi connectivity index (χ0v) is 12.6. The summed E-state index contributed by atoms with van der Waals surface area (Å²) in [6.07, 6.45) is 9.28. The maximum Gasteiger partial charge on any atom is 0.306 e. The molecule has 0 spiro atoms. The van der Waals surface area contributed by atoms with E-state index in [1.165, 1.54) is 39.9 Å². The standard InChI is InChI=1S/C11H20O2.C2H9B3/c1-2-6-10(11(12)13)9-7-4-3-5-8-9;1-4-2-5-3/h9-10H,2-8H2,1H3,(H,12,13);4-5H,2-3H2,1H3. The summed E-state index contributed by atoms with van der Waals surface area (Å²) in [7, 11) is 4.90. The van der Waals surface area contributed by atoms with Gasteiger partial charge in [-0.15, -0.1) is 6.22 Å². The van der Waals surface area contributed by atoms with Gasteiger partial charge in [0.05, 0.1) is 20.8 Å². The van der Waals surface area contributed by atoms with Crippen molar-refractivity contribution in [3.8, 4) is 0 Å². The Morgan fingerprint density at radius 3 is 2.33 bits per heavy atom. The molecule has 1 aliphatic carbocycles. The fourth-order valence-electron chi connectivity index (χ4n) is 2.76. The predicted molar refractivity (Wildman–Crippen MR) is 86.1 cm³/mol. The molecule has 1 saturated carbocycles. The Bertz CT molecular complexity index is 204. The molecule has 1 atom stereocenters. The molecule has 0 heterocycles. The van der Waals surface area contributed by atoms with Crippen molar-refractivity contribution < 1.29 is 9.90 Å². The number of hydrogen-bond acceptors (Lipinski definition) is 1. The van der Waals surface area contributed by atoms with Crippen LogP contribution in [0.1, 0.15) is 51.9 Å². The van der Waals surface area contributed by atoms with E-state index in [0.29, 0.717) is 5.92 Å². The van der Waals surface area contributed by atoms with Crippen LogP contribution in [-0.4, -0.2) is 33.3 Å². The lowest BCUT2D eigenvalue weighted by Crippen LogP contribution is -2.25. The maximum atomic E-state index is 11.0. The zero-order valence-electron chi connectivity index (χ0n) is 12.6.